The second kappa shape index (κ2) is 7.71. The largest absolute Gasteiger partial charge is 0.352 e. The number of nitrogens with zero attached hydrogens (tertiary/aromatic N) is 1. The maximum absolute atomic E-state index is 12.6. The summed E-state index contributed by atoms with van der Waals surface area (Å²) in [7, 11) is 3.49. The zero-order valence-electron chi connectivity index (χ0n) is 15.5. The second-order valence-corrected chi connectivity index (χ2v) is 7.32. The molecule has 2 atom stereocenters. The summed E-state index contributed by atoms with van der Waals surface area (Å²) in [6.07, 6.45) is 0. The third kappa shape index (κ3) is 3.57. The molecule has 2 aromatic rings. The van der Waals surface area contributed by atoms with Gasteiger partial charge >= 0.3 is 0 Å². The number of halogens is 1. The quantitative estimate of drug-likeness (QED) is 0.835. The SMILES string of the molecule is CN(C)C(=O)c1cccc(-c2ccc3c(c2)C(=O)NC[C@@H]2CNC[C@@H]32)c1.Cl. The van der Waals surface area contributed by atoms with E-state index in [9.17, 15) is 9.59 Å². The smallest absolute Gasteiger partial charge is 0.253 e. The number of rotatable bonds is 2. The van der Waals surface area contributed by atoms with Gasteiger partial charge in [0.25, 0.3) is 11.8 Å². The summed E-state index contributed by atoms with van der Waals surface area (Å²) in [4.78, 5) is 26.4. The summed E-state index contributed by atoms with van der Waals surface area (Å²) in [6.45, 7) is 2.58. The van der Waals surface area contributed by atoms with E-state index in [1.54, 1.807) is 19.0 Å². The Morgan fingerprint density at radius 2 is 1.81 bits per heavy atom. The molecule has 2 N–H and O–H groups in total. The first-order chi connectivity index (χ1) is 12.5. The molecular weight excluding hydrogens is 362 g/mol. The number of hydrogen-bond donors (Lipinski definition) is 2. The van der Waals surface area contributed by atoms with Crippen molar-refractivity contribution in [2.75, 3.05) is 33.7 Å². The van der Waals surface area contributed by atoms with E-state index in [1.807, 2.05) is 30.3 Å². The number of fused-ring (bicyclic) bond motifs is 3. The standard InChI is InChI=1S/C21H23N3O2.ClH/c1-24(2)21(26)15-5-3-4-13(8-15)14-6-7-17-18(9-14)20(25)23-11-16-10-22-12-19(16)17;/h3-9,16,19,22H,10-12H2,1-2H3,(H,23,25);1H/t16-,19+;/m0./s1. The first-order valence-electron chi connectivity index (χ1n) is 8.99. The van der Waals surface area contributed by atoms with Gasteiger partial charge in [-0.3, -0.25) is 9.59 Å². The van der Waals surface area contributed by atoms with Crippen molar-refractivity contribution in [2.24, 2.45) is 5.92 Å². The topological polar surface area (TPSA) is 61.4 Å². The van der Waals surface area contributed by atoms with Crippen molar-refractivity contribution in [1.82, 2.24) is 15.5 Å². The van der Waals surface area contributed by atoms with Crippen molar-refractivity contribution >= 4 is 24.2 Å². The molecule has 6 heteroatoms. The Labute approximate surface area is 165 Å². The van der Waals surface area contributed by atoms with Crippen LogP contribution in [0.3, 0.4) is 0 Å². The van der Waals surface area contributed by atoms with Crippen molar-refractivity contribution in [3.63, 3.8) is 0 Å². The molecule has 2 heterocycles. The van der Waals surface area contributed by atoms with Crippen LogP contribution in [0.5, 0.6) is 0 Å². The summed E-state index contributed by atoms with van der Waals surface area (Å²) >= 11 is 0. The van der Waals surface area contributed by atoms with Crippen LogP contribution in [-0.2, 0) is 0 Å². The van der Waals surface area contributed by atoms with Gasteiger partial charge in [-0.05, 0) is 40.8 Å². The lowest BCUT2D eigenvalue weighted by atomic mass is 9.86. The monoisotopic (exact) mass is 385 g/mol. The molecule has 2 aliphatic rings. The van der Waals surface area contributed by atoms with Gasteiger partial charge in [0.1, 0.15) is 0 Å². The molecule has 4 rings (SSSR count). The van der Waals surface area contributed by atoms with E-state index < -0.39 is 0 Å². The highest BCUT2D eigenvalue weighted by atomic mass is 35.5. The molecule has 0 saturated carbocycles. The molecule has 27 heavy (non-hydrogen) atoms. The van der Waals surface area contributed by atoms with Crippen LogP contribution in [0.15, 0.2) is 42.5 Å². The summed E-state index contributed by atoms with van der Waals surface area (Å²) in [5, 5.41) is 6.49. The van der Waals surface area contributed by atoms with E-state index in [0.717, 1.165) is 35.3 Å². The van der Waals surface area contributed by atoms with Crippen molar-refractivity contribution in [3.05, 3.63) is 59.2 Å². The fraction of sp³-hybridized carbons (Fsp3) is 0.333. The Balaban J connectivity index is 0.00000210. The molecule has 0 bridgehead atoms. The number of benzene rings is 2. The number of carbonyl (C=O) groups is 2. The molecular formula is C21H24ClN3O2. The van der Waals surface area contributed by atoms with E-state index in [-0.39, 0.29) is 24.2 Å². The highest BCUT2D eigenvalue weighted by Crippen LogP contribution is 2.34. The maximum Gasteiger partial charge on any atom is 0.253 e. The lowest BCUT2D eigenvalue weighted by Gasteiger charge is -2.17. The third-order valence-electron chi connectivity index (χ3n) is 5.41. The van der Waals surface area contributed by atoms with Crippen molar-refractivity contribution < 1.29 is 9.59 Å². The van der Waals surface area contributed by atoms with Crippen LogP contribution >= 0.6 is 12.4 Å². The predicted octanol–water partition coefficient (Wildman–Crippen LogP) is 2.52. The van der Waals surface area contributed by atoms with E-state index in [4.69, 9.17) is 0 Å². The van der Waals surface area contributed by atoms with Crippen molar-refractivity contribution in [1.29, 1.82) is 0 Å². The van der Waals surface area contributed by atoms with Gasteiger partial charge in [0, 0.05) is 50.8 Å². The van der Waals surface area contributed by atoms with Gasteiger partial charge in [-0.2, -0.15) is 0 Å². The van der Waals surface area contributed by atoms with Gasteiger partial charge in [-0.25, -0.2) is 0 Å². The number of amides is 2. The highest BCUT2D eigenvalue weighted by molar-refractivity contribution is 5.98. The van der Waals surface area contributed by atoms with Crippen LogP contribution in [0.2, 0.25) is 0 Å². The van der Waals surface area contributed by atoms with Gasteiger partial charge in [0.15, 0.2) is 0 Å². The molecule has 1 saturated heterocycles. The van der Waals surface area contributed by atoms with Gasteiger partial charge in [-0.1, -0.05) is 24.3 Å². The summed E-state index contributed by atoms with van der Waals surface area (Å²) in [5.41, 5.74) is 4.42. The second-order valence-electron chi connectivity index (χ2n) is 7.32. The Bertz CT molecular complexity index is 881. The molecule has 0 aromatic heterocycles. The average molecular weight is 386 g/mol. The van der Waals surface area contributed by atoms with E-state index in [2.05, 4.69) is 22.8 Å². The van der Waals surface area contributed by atoms with Crippen LogP contribution in [0.25, 0.3) is 11.1 Å². The van der Waals surface area contributed by atoms with Gasteiger partial charge in [0.05, 0.1) is 0 Å². The maximum atomic E-state index is 12.6. The van der Waals surface area contributed by atoms with Crippen molar-refractivity contribution in [3.8, 4) is 11.1 Å². The highest BCUT2D eigenvalue weighted by Gasteiger charge is 2.34. The van der Waals surface area contributed by atoms with Crippen LogP contribution in [0, 0.1) is 5.92 Å². The van der Waals surface area contributed by atoms with Crippen LogP contribution < -0.4 is 10.6 Å². The van der Waals surface area contributed by atoms with Gasteiger partial charge in [-0.15, -0.1) is 12.4 Å². The Morgan fingerprint density at radius 1 is 1.04 bits per heavy atom. The predicted molar refractivity (Wildman–Crippen MR) is 109 cm³/mol. The first-order valence-corrected chi connectivity index (χ1v) is 8.99. The van der Waals surface area contributed by atoms with Crippen molar-refractivity contribution in [2.45, 2.75) is 5.92 Å². The minimum Gasteiger partial charge on any atom is -0.352 e. The first kappa shape index (κ1) is 19.4. The lowest BCUT2D eigenvalue weighted by molar-refractivity contribution is 0.0827. The normalized spacial score (nSPS) is 20.6. The molecule has 142 valence electrons. The van der Waals surface area contributed by atoms with Crippen LogP contribution in [0.1, 0.15) is 32.2 Å². The molecule has 2 aliphatic heterocycles. The molecule has 2 aromatic carbocycles. The molecule has 0 unspecified atom stereocenters. The van der Waals surface area contributed by atoms with Gasteiger partial charge in [0.2, 0.25) is 0 Å². The molecule has 2 amide bonds. The fourth-order valence-electron chi connectivity index (χ4n) is 3.98. The molecule has 5 nitrogen and oxygen atoms in total. The third-order valence-corrected chi connectivity index (χ3v) is 5.41. The number of hydrogen-bond acceptors (Lipinski definition) is 3. The lowest BCUT2D eigenvalue weighted by Crippen LogP contribution is -2.28. The van der Waals surface area contributed by atoms with Crippen LogP contribution in [-0.4, -0.2) is 50.4 Å². The zero-order chi connectivity index (χ0) is 18.3. The molecule has 1 fully saturated rings. The fourth-order valence-corrected chi connectivity index (χ4v) is 3.98. The van der Waals surface area contributed by atoms with Crippen LogP contribution in [0.4, 0.5) is 0 Å². The van der Waals surface area contributed by atoms with E-state index >= 15 is 0 Å². The minimum atomic E-state index is -0.0285. The Morgan fingerprint density at radius 3 is 2.59 bits per heavy atom. The Kier molecular flexibility index (Phi) is 5.53. The van der Waals surface area contributed by atoms with E-state index in [1.165, 1.54) is 0 Å². The minimum absolute atomic E-state index is 0. The van der Waals surface area contributed by atoms with E-state index in [0.29, 0.717) is 23.9 Å². The summed E-state index contributed by atoms with van der Waals surface area (Å²) in [5.74, 6) is 0.794. The zero-order valence-corrected chi connectivity index (χ0v) is 16.3. The number of carbonyl (C=O) groups excluding carboxylic acids is 2. The summed E-state index contributed by atoms with van der Waals surface area (Å²) in [6, 6.07) is 13.7. The molecule has 0 spiro atoms. The Hall–Kier alpha value is -2.37. The average Bonchev–Trinajstić information content (AvgIpc) is 3.08. The summed E-state index contributed by atoms with van der Waals surface area (Å²) < 4.78 is 0. The molecule has 0 aliphatic carbocycles. The molecule has 0 radical (unpaired) electrons. The number of nitrogens with one attached hydrogen (secondary N) is 2. The van der Waals surface area contributed by atoms with Gasteiger partial charge < -0.3 is 15.5 Å².